The highest BCUT2D eigenvalue weighted by Gasteiger charge is 2.27. The molecule has 1 saturated heterocycles. The zero-order valence-electron chi connectivity index (χ0n) is 14.0. The molecule has 2 unspecified atom stereocenters. The molecule has 2 aliphatic rings. The van der Waals surface area contributed by atoms with Crippen LogP contribution in [0.15, 0.2) is 12.3 Å². The van der Waals surface area contributed by atoms with Gasteiger partial charge in [0.05, 0.1) is 10.6 Å². The van der Waals surface area contributed by atoms with Gasteiger partial charge in [0.15, 0.2) is 0 Å². The van der Waals surface area contributed by atoms with Gasteiger partial charge in [-0.25, -0.2) is 4.98 Å². The fourth-order valence-corrected chi connectivity index (χ4v) is 4.08. The number of halogens is 1. The number of aliphatic hydroxyl groups is 1. The van der Waals surface area contributed by atoms with Crippen LogP contribution in [0.1, 0.15) is 55.3 Å². The molecule has 2 heterocycles. The maximum atomic E-state index is 12.5. The number of hydrogen-bond acceptors (Lipinski definition) is 4. The van der Waals surface area contributed by atoms with E-state index in [4.69, 9.17) is 11.6 Å². The molecule has 5 nitrogen and oxygen atoms in total. The lowest BCUT2D eigenvalue weighted by Crippen LogP contribution is -2.35. The number of piperidine rings is 1. The number of hydrogen-bond donors (Lipinski definition) is 2. The Kier molecular flexibility index (Phi) is 5.95. The normalized spacial score (nSPS) is 24.2. The Hall–Kier alpha value is -1.33. The fraction of sp³-hybridized carbons (Fsp3) is 0.667. The van der Waals surface area contributed by atoms with Gasteiger partial charge in [-0.2, -0.15) is 0 Å². The average Bonchev–Trinajstić information content (AvgIpc) is 3.04. The summed E-state index contributed by atoms with van der Waals surface area (Å²) in [5.74, 6) is 1.12. The number of nitrogens with one attached hydrogen (secondary N) is 1. The maximum Gasteiger partial charge on any atom is 0.255 e. The van der Waals surface area contributed by atoms with E-state index in [0.717, 1.165) is 51.6 Å². The first kappa shape index (κ1) is 17.5. The predicted octanol–water partition coefficient (Wildman–Crippen LogP) is 3.32. The lowest BCUT2D eigenvalue weighted by molar-refractivity contribution is 0.0724. The summed E-state index contributed by atoms with van der Waals surface area (Å²) in [4.78, 5) is 18.8. The SMILES string of the molecule is O=C(c1cnc(NC2CCCC2CCO)c(Cl)c1)N1CCCCC1. The van der Waals surface area contributed by atoms with E-state index in [1.807, 2.05) is 4.90 Å². The van der Waals surface area contributed by atoms with Crippen molar-refractivity contribution in [2.75, 3.05) is 25.0 Å². The molecular weight excluding hydrogens is 326 g/mol. The summed E-state index contributed by atoms with van der Waals surface area (Å²) < 4.78 is 0. The molecule has 24 heavy (non-hydrogen) atoms. The van der Waals surface area contributed by atoms with Gasteiger partial charge in [0.2, 0.25) is 0 Å². The van der Waals surface area contributed by atoms with Gasteiger partial charge in [-0.05, 0) is 50.5 Å². The highest BCUT2D eigenvalue weighted by Crippen LogP contribution is 2.32. The number of pyridine rings is 1. The quantitative estimate of drug-likeness (QED) is 0.854. The lowest BCUT2D eigenvalue weighted by atomic mass is 10.00. The predicted molar refractivity (Wildman–Crippen MR) is 95.5 cm³/mol. The summed E-state index contributed by atoms with van der Waals surface area (Å²) in [6, 6.07) is 2.02. The molecule has 1 saturated carbocycles. The van der Waals surface area contributed by atoms with Gasteiger partial charge in [-0.1, -0.05) is 18.0 Å². The Labute approximate surface area is 148 Å². The first-order valence-electron chi connectivity index (χ1n) is 9.01. The van der Waals surface area contributed by atoms with Crippen LogP contribution in [0.3, 0.4) is 0 Å². The van der Waals surface area contributed by atoms with E-state index in [1.54, 1.807) is 12.3 Å². The lowest BCUT2D eigenvalue weighted by Gasteiger charge is -2.27. The number of carbonyl (C=O) groups excluding carboxylic acids is 1. The molecule has 2 atom stereocenters. The molecule has 0 aromatic carbocycles. The van der Waals surface area contributed by atoms with Crippen molar-refractivity contribution in [2.24, 2.45) is 5.92 Å². The van der Waals surface area contributed by atoms with Crippen LogP contribution in [0.4, 0.5) is 5.82 Å². The molecule has 132 valence electrons. The van der Waals surface area contributed by atoms with Crippen LogP contribution in [0.5, 0.6) is 0 Å². The van der Waals surface area contributed by atoms with Crippen molar-refractivity contribution in [1.29, 1.82) is 0 Å². The first-order valence-corrected chi connectivity index (χ1v) is 9.39. The van der Waals surface area contributed by atoms with Crippen LogP contribution < -0.4 is 5.32 Å². The summed E-state index contributed by atoms with van der Waals surface area (Å²) >= 11 is 6.37. The number of nitrogens with zero attached hydrogens (tertiary/aromatic N) is 2. The molecule has 0 bridgehead atoms. The second kappa shape index (κ2) is 8.17. The van der Waals surface area contributed by atoms with Gasteiger partial charge < -0.3 is 15.3 Å². The summed E-state index contributed by atoms with van der Waals surface area (Å²) in [6.07, 6.45) is 9.12. The van der Waals surface area contributed by atoms with Crippen molar-refractivity contribution in [1.82, 2.24) is 9.88 Å². The van der Waals surface area contributed by atoms with Gasteiger partial charge >= 0.3 is 0 Å². The Morgan fingerprint density at radius 2 is 2.08 bits per heavy atom. The highest BCUT2D eigenvalue weighted by atomic mass is 35.5. The number of anilines is 1. The molecule has 0 spiro atoms. The van der Waals surface area contributed by atoms with Gasteiger partial charge in [0.1, 0.15) is 5.82 Å². The van der Waals surface area contributed by atoms with E-state index in [1.165, 1.54) is 6.42 Å². The van der Waals surface area contributed by atoms with Crippen molar-refractivity contribution >= 4 is 23.3 Å². The largest absolute Gasteiger partial charge is 0.396 e. The second-order valence-electron chi connectivity index (χ2n) is 6.86. The van der Waals surface area contributed by atoms with Crippen LogP contribution in [0, 0.1) is 5.92 Å². The zero-order chi connectivity index (χ0) is 16.9. The highest BCUT2D eigenvalue weighted by molar-refractivity contribution is 6.33. The summed E-state index contributed by atoms with van der Waals surface area (Å²) in [5.41, 5.74) is 0.561. The zero-order valence-corrected chi connectivity index (χ0v) is 14.8. The van der Waals surface area contributed by atoms with Crippen molar-refractivity contribution in [3.05, 3.63) is 22.8 Å². The number of aliphatic hydroxyl groups excluding tert-OH is 1. The molecule has 2 N–H and O–H groups in total. The first-order chi connectivity index (χ1) is 11.7. The molecule has 6 heteroatoms. The van der Waals surface area contributed by atoms with E-state index in [-0.39, 0.29) is 12.5 Å². The van der Waals surface area contributed by atoms with Gasteiger partial charge in [-0.15, -0.1) is 0 Å². The molecule has 3 rings (SSSR count). The van der Waals surface area contributed by atoms with Crippen molar-refractivity contribution in [3.63, 3.8) is 0 Å². The number of carbonyl (C=O) groups is 1. The Bertz CT molecular complexity index is 575. The van der Waals surface area contributed by atoms with Crippen molar-refractivity contribution in [2.45, 2.75) is 51.0 Å². The van der Waals surface area contributed by atoms with Crippen molar-refractivity contribution in [3.8, 4) is 0 Å². The number of aromatic nitrogens is 1. The Morgan fingerprint density at radius 3 is 2.79 bits per heavy atom. The van der Waals surface area contributed by atoms with Gasteiger partial charge in [0, 0.05) is 31.9 Å². The number of amides is 1. The van der Waals surface area contributed by atoms with Crippen LogP contribution in [0.25, 0.3) is 0 Å². The Morgan fingerprint density at radius 1 is 1.29 bits per heavy atom. The molecule has 1 aliphatic heterocycles. The van der Waals surface area contributed by atoms with E-state index < -0.39 is 0 Å². The van der Waals surface area contributed by atoms with E-state index in [9.17, 15) is 9.90 Å². The number of likely N-dealkylation sites (tertiary alicyclic amines) is 1. The fourth-order valence-electron chi connectivity index (χ4n) is 3.85. The Balaban J connectivity index is 1.67. The topological polar surface area (TPSA) is 65.5 Å². The minimum Gasteiger partial charge on any atom is -0.396 e. The van der Waals surface area contributed by atoms with E-state index in [0.29, 0.717) is 28.4 Å². The van der Waals surface area contributed by atoms with E-state index >= 15 is 0 Å². The van der Waals surface area contributed by atoms with Gasteiger partial charge in [0.25, 0.3) is 5.91 Å². The van der Waals surface area contributed by atoms with Crippen LogP contribution in [-0.2, 0) is 0 Å². The summed E-state index contributed by atoms with van der Waals surface area (Å²) in [6.45, 7) is 1.86. The van der Waals surface area contributed by atoms with Crippen LogP contribution >= 0.6 is 11.6 Å². The average molecular weight is 352 g/mol. The molecule has 1 aliphatic carbocycles. The molecule has 1 aromatic rings. The monoisotopic (exact) mass is 351 g/mol. The third kappa shape index (κ3) is 4.01. The van der Waals surface area contributed by atoms with Crippen molar-refractivity contribution < 1.29 is 9.90 Å². The maximum absolute atomic E-state index is 12.5. The second-order valence-corrected chi connectivity index (χ2v) is 7.27. The third-order valence-electron chi connectivity index (χ3n) is 5.21. The standard InChI is InChI=1S/C18H26ClN3O2/c19-15-11-14(18(24)22-8-2-1-3-9-22)12-20-17(15)21-16-6-4-5-13(16)7-10-23/h11-13,16,23H,1-10H2,(H,20,21). The molecule has 1 amide bonds. The minimum absolute atomic E-state index is 0.0228. The van der Waals surface area contributed by atoms with Crippen LogP contribution in [0.2, 0.25) is 5.02 Å². The molecule has 2 fully saturated rings. The molecule has 1 aromatic heterocycles. The van der Waals surface area contributed by atoms with E-state index in [2.05, 4.69) is 10.3 Å². The molecular formula is C18H26ClN3O2. The molecule has 0 radical (unpaired) electrons. The summed E-state index contributed by atoms with van der Waals surface area (Å²) in [7, 11) is 0. The van der Waals surface area contributed by atoms with Crippen LogP contribution in [-0.4, -0.2) is 46.6 Å². The van der Waals surface area contributed by atoms with Gasteiger partial charge in [-0.3, -0.25) is 4.79 Å². The smallest absolute Gasteiger partial charge is 0.255 e. The minimum atomic E-state index is 0.0228. The number of rotatable bonds is 5. The summed E-state index contributed by atoms with van der Waals surface area (Å²) in [5, 5.41) is 13.1. The third-order valence-corrected chi connectivity index (χ3v) is 5.50.